The molecular weight excluding hydrogens is 228 g/mol. The smallest absolute Gasteiger partial charge is 0.0348 e. The van der Waals surface area contributed by atoms with Gasteiger partial charge < -0.3 is 35.4 Å². The molecule has 0 amide bonds. The molecule has 0 saturated carbocycles. The van der Waals surface area contributed by atoms with Gasteiger partial charge in [0.15, 0.2) is 0 Å². The minimum absolute atomic E-state index is 0. The summed E-state index contributed by atoms with van der Waals surface area (Å²) in [5, 5.41) is 9.22. The summed E-state index contributed by atoms with van der Waals surface area (Å²) in [6.07, 6.45) is 0.532. The van der Waals surface area contributed by atoms with Crippen LogP contribution in [0.1, 0.15) is 25.0 Å². The van der Waals surface area contributed by atoms with Crippen LogP contribution < -0.4 is 0 Å². The van der Waals surface area contributed by atoms with Gasteiger partial charge in [-0.2, -0.15) is 12.1 Å². The van der Waals surface area contributed by atoms with Gasteiger partial charge in [-0.25, -0.2) is 12.1 Å². The summed E-state index contributed by atoms with van der Waals surface area (Å²) < 4.78 is 0. The van der Waals surface area contributed by atoms with E-state index < -0.39 is 0 Å². The Morgan fingerprint density at radius 2 is 1.47 bits per heavy atom. The van der Waals surface area contributed by atoms with E-state index in [4.69, 9.17) is 0 Å². The quantitative estimate of drug-likeness (QED) is 0.635. The van der Waals surface area contributed by atoms with Crippen LogP contribution in [0.25, 0.3) is 0 Å². The average Bonchev–Trinajstić information content (AvgIpc) is 2.91. The van der Waals surface area contributed by atoms with Crippen molar-refractivity contribution >= 4 is 0 Å². The fraction of sp³-hybridized carbons (Fsp3) is 0.231. The molecule has 88 valence electrons. The van der Waals surface area contributed by atoms with Crippen LogP contribution in [0.4, 0.5) is 0 Å². The topological polar surface area (TPSA) is 20.2 Å². The molecule has 2 aromatic carbocycles. The fourth-order valence-electron chi connectivity index (χ4n) is 1.17. The van der Waals surface area contributed by atoms with Crippen LogP contribution in [0.15, 0.2) is 54.6 Å². The van der Waals surface area contributed by atoms with Gasteiger partial charge in [-0.05, 0) is 6.42 Å². The van der Waals surface area contributed by atoms with Crippen molar-refractivity contribution in [2.75, 3.05) is 0 Å². The molecule has 0 aliphatic heterocycles. The van der Waals surface area contributed by atoms with Crippen LogP contribution in [-0.2, 0) is 17.1 Å². The van der Waals surface area contributed by atoms with Gasteiger partial charge in [-0.3, -0.25) is 0 Å². The molecule has 0 radical (unpaired) electrons. The first kappa shape index (κ1) is 14.2. The predicted molar refractivity (Wildman–Crippen MR) is 59.3 cm³/mol. The van der Waals surface area contributed by atoms with Crippen molar-refractivity contribution in [2.45, 2.75) is 19.4 Å². The van der Waals surface area contributed by atoms with Crippen molar-refractivity contribution in [2.24, 2.45) is 0 Å². The first-order valence-corrected chi connectivity index (χ1v) is 4.91. The Labute approximate surface area is 102 Å². The molecule has 0 bridgehead atoms. The summed E-state index contributed by atoms with van der Waals surface area (Å²) in [5.74, 6) is 0. The first-order chi connectivity index (χ1) is 6.84. The molecule has 0 fully saturated rings. The zero-order valence-corrected chi connectivity index (χ0v) is 9.89. The Morgan fingerprint density at radius 3 is 1.80 bits per heavy atom. The molecule has 15 heavy (non-hydrogen) atoms. The third kappa shape index (κ3) is 5.58. The minimum Gasteiger partial charge on any atom is -0.748 e. The Kier molecular flexibility index (Phi) is 8.02. The second-order valence-corrected chi connectivity index (χ2v) is 3.10. The molecular formula is C13H16FeO-6. The predicted octanol–water partition coefficient (Wildman–Crippen LogP) is 3.25. The van der Waals surface area contributed by atoms with Crippen LogP contribution >= 0.6 is 0 Å². The fourth-order valence-corrected chi connectivity index (χ4v) is 1.17. The van der Waals surface area contributed by atoms with Gasteiger partial charge in [-0.1, -0.05) is 6.92 Å². The molecule has 0 aliphatic rings. The number of hydrogen-bond acceptors (Lipinski definition) is 1. The van der Waals surface area contributed by atoms with Crippen molar-refractivity contribution in [3.05, 3.63) is 60.2 Å². The summed E-state index contributed by atoms with van der Waals surface area (Å²) in [4.78, 5) is 0. The van der Waals surface area contributed by atoms with Gasteiger partial charge in [0.05, 0.1) is 0 Å². The summed E-state index contributed by atoms with van der Waals surface area (Å²) in [6, 6.07) is 17.8. The van der Waals surface area contributed by atoms with Gasteiger partial charge in [0.2, 0.25) is 0 Å². The summed E-state index contributed by atoms with van der Waals surface area (Å²) in [5.41, 5.74) is 1.03. The molecule has 2 rings (SSSR count). The van der Waals surface area contributed by atoms with E-state index in [2.05, 4.69) is 0 Å². The number of aliphatic hydroxyl groups is 1. The largest absolute Gasteiger partial charge is 0.748 e. The van der Waals surface area contributed by atoms with Gasteiger partial charge in [0, 0.05) is 23.2 Å². The van der Waals surface area contributed by atoms with E-state index in [0.717, 1.165) is 12.0 Å². The minimum atomic E-state index is -0.264. The first-order valence-electron chi connectivity index (χ1n) is 4.91. The number of rotatable bonds is 2. The summed E-state index contributed by atoms with van der Waals surface area (Å²) >= 11 is 0. The van der Waals surface area contributed by atoms with Gasteiger partial charge >= 0.3 is 0 Å². The van der Waals surface area contributed by atoms with Crippen molar-refractivity contribution in [1.29, 1.82) is 0 Å². The molecule has 1 unspecified atom stereocenters. The van der Waals surface area contributed by atoms with Gasteiger partial charge in [0.1, 0.15) is 0 Å². The average molecular weight is 244 g/mol. The Hall–Kier alpha value is -0.821. The monoisotopic (exact) mass is 244 g/mol. The van der Waals surface area contributed by atoms with Crippen LogP contribution in [0.5, 0.6) is 0 Å². The van der Waals surface area contributed by atoms with E-state index in [9.17, 15) is 5.11 Å². The number of aliphatic hydroxyl groups excluding tert-OH is 1. The molecule has 1 atom stereocenters. The van der Waals surface area contributed by atoms with Crippen LogP contribution in [0.2, 0.25) is 0 Å². The molecule has 0 heterocycles. The molecule has 0 saturated heterocycles. The third-order valence-electron chi connectivity index (χ3n) is 2.02. The molecule has 0 aliphatic carbocycles. The van der Waals surface area contributed by atoms with E-state index in [1.165, 1.54) is 0 Å². The maximum Gasteiger partial charge on any atom is 0.0348 e. The zero-order valence-electron chi connectivity index (χ0n) is 8.78. The Morgan fingerprint density at radius 1 is 1.07 bits per heavy atom. The SMILES string of the molecule is CCC(O)[c-]1cccc1.[Fe].[cH-]1[cH-][cH-][cH-][cH-]1. The molecule has 0 spiro atoms. The van der Waals surface area contributed by atoms with E-state index >= 15 is 0 Å². The molecule has 2 heteroatoms. The van der Waals surface area contributed by atoms with E-state index in [0.29, 0.717) is 0 Å². The Bertz CT molecular complexity index is 280. The summed E-state index contributed by atoms with van der Waals surface area (Å²) in [7, 11) is 0. The third-order valence-corrected chi connectivity index (χ3v) is 2.02. The maximum absolute atomic E-state index is 9.22. The van der Waals surface area contributed by atoms with Crippen molar-refractivity contribution in [1.82, 2.24) is 0 Å². The number of hydrogen-bond donors (Lipinski definition) is 1. The zero-order chi connectivity index (χ0) is 10.2. The Balaban J connectivity index is 0.000000280. The second-order valence-electron chi connectivity index (χ2n) is 3.10. The van der Waals surface area contributed by atoms with Crippen molar-refractivity contribution in [3.63, 3.8) is 0 Å². The van der Waals surface area contributed by atoms with Gasteiger partial charge in [-0.15, -0.1) is 5.56 Å². The van der Waals surface area contributed by atoms with Crippen molar-refractivity contribution in [3.8, 4) is 0 Å². The standard InChI is InChI=1S/C8H11O.C5H5.Fe/c1-2-8(9)7-5-3-4-6-7;1-2-4-5-3-1;/h3-6,8-9H,2H2,1H3;1-5H;/q-1;-5;. The summed E-state index contributed by atoms with van der Waals surface area (Å²) in [6.45, 7) is 1.97. The molecule has 1 nitrogen and oxygen atoms in total. The van der Waals surface area contributed by atoms with E-state index in [1.807, 2.05) is 61.5 Å². The molecule has 2 aromatic rings. The van der Waals surface area contributed by atoms with E-state index in [1.54, 1.807) is 0 Å². The van der Waals surface area contributed by atoms with Gasteiger partial charge in [0.25, 0.3) is 0 Å². The second kappa shape index (κ2) is 8.48. The van der Waals surface area contributed by atoms with Crippen LogP contribution in [0, 0.1) is 0 Å². The van der Waals surface area contributed by atoms with E-state index in [-0.39, 0.29) is 23.2 Å². The molecule has 0 aromatic heterocycles. The normalized spacial score (nSPS) is 10.8. The van der Waals surface area contributed by atoms with Crippen molar-refractivity contribution < 1.29 is 22.2 Å². The van der Waals surface area contributed by atoms with Crippen LogP contribution in [0.3, 0.4) is 0 Å². The molecule has 1 N–H and O–H groups in total. The van der Waals surface area contributed by atoms with Crippen LogP contribution in [-0.4, -0.2) is 5.11 Å². The maximum atomic E-state index is 9.22.